The first-order valence-electron chi connectivity index (χ1n) is 10.5. The SMILES string of the molecule is CCCCC/C=C/C/C=C/C/C=C/CCCCC(=O)n1ccc(CC(=O)O)c1. The smallest absolute Gasteiger partial charge is 0.307 e. The number of nitrogens with zero attached hydrogens (tertiary/aromatic N) is 1. The monoisotopic (exact) mass is 385 g/mol. The number of carbonyl (C=O) groups is 2. The van der Waals surface area contributed by atoms with Crippen molar-refractivity contribution in [3.63, 3.8) is 0 Å². The van der Waals surface area contributed by atoms with Crippen molar-refractivity contribution < 1.29 is 14.7 Å². The van der Waals surface area contributed by atoms with Gasteiger partial charge in [0.05, 0.1) is 6.42 Å². The average molecular weight is 386 g/mol. The van der Waals surface area contributed by atoms with E-state index in [-0.39, 0.29) is 12.3 Å². The number of allylic oxidation sites excluding steroid dienone is 6. The first-order valence-corrected chi connectivity index (χ1v) is 10.5. The van der Waals surface area contributed by atoms with Crippen molar-refractivity contribution in [2.75, 3.05) is 0 Å². The minimum absolute atomic E-state index is 0.0197. The maximum absolute atomic E-state index is 12.1. The lowest BCUT2D eigenvalue weighted by molar-refractivity contribution is -0.136. The zero-order valence-electron chi connectivity index (χ0n) is 17.2. The van der Waals surface area contributed by atoms with E-state index in [1.807, 2.05) is 0 Å². The van der Waals surface area contributed by atoms with Crippen LogP contribution in [0.3, 0.4) is 0 Å². The van der Waals surface area contributed by atoms with Crippen molar-refractivity contribution in [3.05, 3.63) is 60.5 Å². The van der Waals surface area contributed by atoms with E-state index >= 15 is 0 Å². The highest BCUT2D eigenvalue weighted by Crippen LogP contribution is 2.07. The number of aliphatic carboxylic acids is 1. The van der Waals surface area contributed by atoms with Crippen LogP contribution in [-0.4, -0.2) is 21.6 Å². The fourth-order valence-electron chi connectivity index (χ4n) is 2.83. The quantitative estimate of drug-likeness (QED) is 0.283. The number of carbonyl (C=O) groups excluding carboxylic acids is 1. The van der Waals surface area contributed by atoms with Crippen molar-refractivity contribution in [3.8, 4) is 0 Å². The van der Waals surface area contributed by atoms with Crippen LogP contribution in [0.2, 0.25) is 0 Å². The van der Waals surface area contributed by atoms with E-state index in [0.29, 0.717) is 12.0 Å². The second kappa shape index (κ2) is 15.7. The minimum Gasteiger partial charge on any atom is -0.481 e. The van der Waals surface area contributed by atoms with Gasteiger partial charge in [0.25, 0.3) is 0 Å². The fourth-order valence-corrected chi connectivity index (χ4v) is 2.83. The molecule has 1 rings (SSSR count). The third-order valence-electron chi connectivity index (χ3n) is 4.43. The molecule has 4 heteroatoms. The van der Waals surface area contributed by atoms with Crippen LogP contribution in [0.15, 0.2) is 54.9 Å². The number of rotatable bonds is 15. The molecular formula is C24H35NO3. The summed E-state index contributed by atoms with van der Waals surface area (Å²) in [6.07, 6.45) is 26.8. The summed E-state index contributed by atoms with van der Waals surface area (Å²) in [6.45, 7) is 2.23. The molecule has 1 N–H and O–H groups in total. The van der Waals surface area contributed by atoms with Crippen LogP contribution in [0.4, 0.5) is 0 Å². The van der Waals surface area contributed by atoms with E-state index in [1.165, 1.54) is 30.3 Å². The van der Waals surface area contributed by atoms with E-state index in [2.05, 4.69) is 43.4 Å². The standard InChI is InChI=1S/C24H35NO3/c1-2-3-4-5-6-7-8-9-10-11-12-13-14-15-16-17-23(26)25-19-18-22(21-25)20-24(27)28/h6-7,9-10,12-13,18-19,21H,2-5,8,11,14-17,20H2,1H3,(H,27,28)/b7-6+,10-9+,13-12+. The van der Waals surface area contributed by atoms with Gasteiger partial charge >= 0.3 is 5.97 Å². The van der Waals surface area contributed by atoms with Crippen molar-refractivity contribution >= 4 is 11.9 Å². The van der Waals surface area contributed by atoms with Crippen LogP contribution in [0.25, 0.3) is 0 Å². The van der Waals surface area contributed by atoms with E-state index in [9.17, 15) is 9.59 Å². The van der Waals surface area contributed by atoms with E-state index in [1.54, 1.807) is 18.5 Å². The van der Waals surface area contributed by atoms with Crippen LogP contribution in [0, 0.1) is 0 Å². The van der Waals surface area contributed by atoms with Crippen molar-refractivity contribution in [2.45, 2.75) is 77.6 Å². The Bertz CT molecular complexity index is 653. The van der Waals surface area contributed by atoms with Gasteiger partial charge in [0, 0.05) is 18.8 Å². The Morgan fingerprint density at radius 1 is 0.929 bits per heavy atom. The van der Waals surface area contributed by atoms with E-state index < -0.39 is 5.97 Å². The highest BCUT2D eigenvalue weighted by molar-refractivity contribution is 5.79. The fraction of sp³-hybridized carbons (Fsp3) is 0.500. The molecule has 1 aromatic rings. The molecule has 0 aromatic carbocycles. The Labute approximate surface area is 169 Å². The van der Waals surface area contributed by atoms with Gasteiger partial charge in [-0.25, -0.2) is 0 Å². The lowest BCUT2D eigenvalue weighted by Crippen LogP contribution is -2.08. The highest BCUT2D eigenvalue weighted by Gasteiger charge is 2.07. The summed E-state index contributed by atoms with van der Waals surface area (Å²) in [6, 6.07) is 1.69. The zero-order valence-corrected chi connectivity index (χ0v) is 17.2. The van der Waals surface area contributed by atoms with Gasteiger partial charge in [-0.15, -0.1) is 0 Å². The summed E-state index contributed by atoms with van der Waals surface area (Å²) in [5, 5.41) is 8.76. The Hall–Kier alpha value is -2.36. The molecule has 0 fully saturated rings. The van der Waals surface area contributed by atoms with Gasteiger partial charge in [0.2, 0.25) is 5.91 Å². The molecule has 0 bridgehead atoms. The molecule has 0 spiro atoms. The third-order valence-corrected chi connectivity index (χ3v) is 4.43. The van der Waals surface area contributed by atoms with Crippen LogP contribution in [0.1, 0.15) is 81.5 Å². The van der Waals surface area contributed by atoms with Crippen molar-refractivity contribution in [1.29, 1.82) is 0 Å². The summed E-state index contributed by atoms with van der Waals surface area (Å²) in [5.74, 6) is -0.864. The molecule has 0 saturated heterocycles. The summed E-state index contributed by atoms with van der Waals surface area (Å²) in [7, 11) is 0. The largest absolute Gasteiger partial charge is 0.481 e. The molecule has 4 nitrogen and oxygen atoms in total. The number of unbranched alkanes of at least 4 members (excludes halogenated alkanes) is 5. The molecule has 0 atom stereocenters. The van der Waals surface area contributed by atoms with Gasteiger partial charge in [-0.3, -0.25) is 14.2 Å². The maximum Gasteiger partial charge on any atom is 0.307 e. The third kappa shape index (κ3) is 12.1. The number of hydrogen-bond acceptors (Lipinski definition) is 2. The minimum atomic E-state index is -0.884. The number of hydrogen-bond donors (Lipinski definition) is 1. The summed E-state index contributed by atoms with van der Waals surface area (Å²) < 4.78 is 1.50. The topological polar surface area (TPSA) is 59.3 Å². The molecule has 154 valence electrons. The normalized spacial score (nSPS) is 11.9. The Balaban J connectivity index is 2.04. The molecule has 0 aliphatic rings. The first-order chi connectivity index (χ1) is 13.6. The predicted octanol–water partition coefficient (Wildman–Crippen LogP) is 6.34. The molecule has 0 unspecified atom stereocenters. The maximum atomic E-state index is 12.1. The van der Waals surface area contributed by atoms with Gasteiger partial charge < -0.3 is 5.11 Å². The second-order valence-electron chi connectivity index (χ2n) is 7.02. The Morgan fingerprint density at radius 2 is 1.54 bits per heavy atom. The van der Waals surface area contributed by atoms with Gasteiger partial charge in [0.1, 0.15) is 0 Å². The van der Waals surface area contributed by atoms with Crippen LogP contribution < -0.4 is 0 Å². The lowest BCUT2D eigenvalue weighted by Gasteiger charge is -2.01. The average Bonchev–Trinajstić information content (AvgIpc) is 3.12. The summed E-state index contributed by atoms with van der Waals surface area (Å²) in [4.78, 5) is 22.7. The Kier molecular flexibility index (Phi) is 13.3. The predicted molar refractivity (Wildman–Crippen MR) is 116 cm³/mol. The van der Waals surface area contributed by atoms with Crippen LogP contribution >= 0.6 is 0 Å². The van der Waals surface area contributed by atoms with Gasteiger partial charge in [-0.2, -0.15) is 0 Å². The molecule has 1 heterocycles. The number of carboxylic acids is 1. The molecule has 0 amide bonds. The van der Waals surface area contributed by atoms with E-state index in [4.69, 9.17) is 5.11 Å². The summed E-state index contributed by atoms with van der Waals surface area (Å²) >= 11 is 0. The molecule has 0 aliphatic carbocycles. The van der Waals surface area contributed by atoms with Crippen LogP contribution in [0.5, 0.6) is 0 Å². The molecular weight excluding hydrogens is 350 g/mol. The van der Waals surface area contributed by atoms with Gasteiger partial charge in [-0.1, -0.05) is 56.2 Å². The van der Waals surface area contributed by atoms with Crippen molar-refractivity contribution in [1.82, 2.24) is 4.57 Å². The van der Waals surface area contributed by atoms with Gasteiger partial charge in [-0.05, 0) is 56.6 Å². The molecule has 28 heavy (non-hydrogen) atoms. The van der Waals surface area contributed by atoms with Crippen molar-refractivity contribution in [2.24, 2.45) is 0 Å². The van der Waals surface area contributed by atoms with Crippen LogP contribution in [-0.2, 0) is 11.2 Å². The van der Waals surface area contributed by atoms with Gasteiger partial charge in [0.15, 0.2) is 0 Å². The second-order valence-corrected chi connectivity index (χ2v) is 7.02. The molecule has 1 aromatic heterocycles. The number of carboxylic acid groups (broad SMARTS) is 1. The Morgan fingerprint density at radius 3 is 2.14 bits per heavy atom. The molecule has 0 radical (unpaired) electrons. The molecule has 0 aliphatic heterocycles. The first kappa shape index (κ1) is 23.7. The molecule has 0 saturated carbocycles. The summed E-state index contributed by atoms with van der Waals surface area (Å²) in [5.41, 5.74) is 0.656. The number of aromatic nitrogens is 1. The lowest BCUT2D eigenvalue weighted by atomic mass is 10.1. The highest BCUT2D eigenvalue weighted by atomic mass is 16.4. The van der Waals surface area contributed by atoms with E-state index in [0.717, 1.165) is 32.1 Å². The zero-order chi connectivity index (χ0) is 20.5.